The van der Waals surface area contributed by atoms with E-state index in [1.807, 2.05) is 90.7 Å². The molecule has 1 aliphatic carbocycles. The third-order valence-electron chi connectivity index (χ3n) is 9.27. The van der Waals surface area contributed by atoms with E-state index in [0.717, 1.165) is 29.5 Å². The lowest BCUT2D eigenvalue weighted by atomic mass is 9.66. The fourth-order valence-corrected chi connectivity index (χ4v) is 8.34. The van der Waals surface area contributed by atoms with Crippen LogP contribution in [0.3, 0.4) is 0 Å². The average Bonchev–Trinajstić information content (AvgIpc) is 3.79. The van der Waals surface area contributed by atoms with Crippen molar-refractivity contribution in [3.8, 4) is 0 Å². The summed E-state index contributed by atoms with van der Waals surface area (Å²) in [5.41, 5.74) is 1.69. The third kappa shape index (κ3) is 7.08. The number of sulfone groups is 1. The molecule has 4 atom stereocenters. The molecule has 0 aromatic heterocycles. The van der Waals surface area contributed by atoms with Crippen LogP contribution in [0.5, 0.6) is 0 Å². The molecule has 5 nitrogen and oxygen atoms in total. The third-order valence-corrected chi connectivity index (χ3v) is 12.4. The predicted octanol–water partition coefficient (Wildman–Crippen LogP) is 8.25. The summed E-state index contributed by atoms with van der Waals surface area (Å²) in [7, 11) is -3.58. The Kier molecular flexibility index (Phi) is 9.38. The van der Waals surface area contributed by atoms with Crippen LogP contribution in [-0.2, 0) is 25.8 Å². The highest BCUT2D eigenvalue weighted by atomic mass is 35.5. The van der Waals surface area contributed by atoms with Gasteiger partial charge < -0.3 is 4.90 Å². The molecule has 1 saturated carbocycles. The van der Waals surface area contributed by atoms with E-state index in [2.05, 4.69) is 0 Å². The number of hydrogen-bond donors (Lipinski definition) is 0. The van der Waals surface area contributed by atoms with Gasteiger partial charge in [0.2, 0.25) is 5.91 Å². The SMILES string of the molecule is CC(C)(C)S(=O)(=O)C[C@H](C1CC1)N1C(=O)[C@@](C)(CC(=O)Cc2ccccc2)C[C@H](c2cccc(Cl)c2)[C@@H]1c1ccc(Cl)cc1. The topological polar surface area (TPSA) is 71.5 Å². The Morgan fingerprint density at radius 3 is 2.18 bits per heavy atom. The van der Waals surface area contributed by atoms with Crippen LogP contribution in [-0.4, -0.2) is 41.5 Å². The van der Waals surface area contributed by atoms with Crippen LogP contribution in [0.2, 0.25) is 10.0 Å². The van der Waals surface area contributed by atoms with Crippen molar-refractivity contribution < 1.29 is 18.0 Å². The van der Waals surface area contributed by atoms with Gasteiger partial charge in [0.05, 0.1) is 22.0 Å². The molecule has 3 aromatic rings. The molecule has 234 valence electrons. The average molecular weight is 655 g/mol. The van der Waals surface area contributed by atoms with Crippen molar-refractivity contribution in [2.75, 3.05) is 5.75 Å². The molecule has 0 N–H and O–H groups in total. The Balaban J connectivity index is 1.65. The van der Waals surface area contributed by atoms with E-state index in [4.69, 9.17) is 23.2 Å². The van der Waals surface area contributed by atoms with Gasteiger partial charge in [0.15, 0.2) is 9.84 Å². The second-order valence-corrected chi connectivity index (χ2v) is 17.5. The molecule has 0 bridgehead atoms. The Morgan fingerprint density at radius 2 is 1.59 bits per heavy atom. The Labute approximate surface area is 271 Å². The van der Waals surface area contributed by atoms with Gasteiger partial charge in [-0.2, -0.15) is 0 Å². The summed E-state index contributed by atoms with van der Waals surface area (Å²) >= 11 is 12.8. The lowest BCUT2D eigenvalue weighted by molar-refractivity contribution is -0.157. The summed E-state index contributed by atoms with van der Waals surface area (Å²) in [5, 5.41) is 1.16. The van der Waals surface area contributed by atoms with Crippen LogP contribution < -0.4 is 0 Å². The Bertz CT molecular complexity index is 1610. The van der Waals surface area contributed by atoms with E-state index in [0.29, 0.717) is 16.5 Å². The molecule has 5 rings (SSSR count). The maximum Gasteiger partial charge on any atom is 0.229 e. The number of ketones is 1. The molecule has 1 saturated heterocycles. The minimum absolute atomic E-state index is 0.0212. The van der Waals surface area contributed by atoms with Gasteiger partial charge in [-0.15, -0.1) is 0 Å². The number of nitrogens with zero attached hydrogens (tertiary/aromatic N) is 1. The molecular weight excluding hydrogens is 613 g/mol. The van der Waals surface area contributed by atoms with Gasteiger partial charge in [0.25, 0.3) is 0 Å². The monoisotopic (exact) mass is 653 g/mol. The first-order valence-corrected chi connectivity index (χ1v) is 17.7. The Morgan fingerprint density at radius 1 is 0.932 bits per heavy atom. The first kappa shape index (κ1) is 32.7. The van der Waals surface area contributed by atoms with E-state index in [1.54, 1.807) is 20.8 Å². The number of rotatable bonds is 10. The standard InChI is InChI=1S/C36H41Cl2NO4S/c1-35(2,3)44(42,43)23-32(25-13-14-25)39-33(26-15-17-28(37)18-16-26)31(27-11-8-12-29(38)20-27)22-36(4,34(39)41)21-30(40)19-24-9-6-5-7-10-24/h5-12,15-18,20,25,31-33H,13-14,19,21-23H2,1-4H3/t31-,32-,33+,36+/m1/s1. The molecular formula is C36H41Cl2NO4S. The minimum Gasteiger partial charge on any atom is -0.330 e. The van der Waals surface area contributed by atoms with Gasteiger partial charge in [0.1, 0.15) is 5.78 Å². The molecule has 1 aliphatic heterocycles. The van der Waals surface area contributed by atoms with Crippen LogP contribution in [0.1, 0.15) is 82.0 Å². The number of likely N-dealkylation sites (tertiary alicyclic amines) is 1. The highest BCUT2D eigenvalue weighted by Crippen LogP contribution is 2.54. The minimum atomic E-state index is -3.58. The fraction of sp³-hybridized carbons (Fsp3) is 0.444. The highest BCUT2D eigenvalue weighted by molar-refractivity contribution is 7.92. The number of carbonyl (C=O) groups is 2. The quantitative estimate of drug-likeness (QED) is 0.221. The van der Waals surface area contributed by atoms with Crippen LogP contribution in [0.15, 0.2) is 78.9 Å². The number of carbonyl (C=O) groups excluding carboxylic acids is 2. The fourth-order valence-electron chi connectivity index (χ4n) is 6.63. The van der Waals surface area contributed by atoms with E-state index in [1.165, 1.54) is 0 Å². The summed E-state index contributed by atoms with van der Waals surface area (Å²) in [6, 6.07) is 23.7. The van der Waals surface area contributed by atoms with Crippen molar-refractivity contribution in [1.82, 2.24) is 4.90 Å². The first-order chi connectivity index (χ1) is 20.7. The van der Waals surface area contributed by atoms with E-state index < -0.39 is 32.1 Å². The summed E-state index contributed by atoms with van der Waals surface area (Å²) in [6.07, 6.45) is 2.42. The van der Waals surface area contributed by atoms with E-state index >= 15 is 0 Å². The maximum atomic E-state index is 15.0. The molecule has 1 heterocycles. The molecule has 3 aromatic carbocycles. The van der Waals surface area contributed by atoms with Crippen molar-refractivity contribution in [1.29, 1.82) is 0 Å². The van der Waals surface area contributed by atoms with E-state index in [9.17, 15) is 18.0 Å². The highest BCUT2D eigenvalue weighted by Gasteiger charge is 2.55. The van der Waals surface area contributed by atoms with Gasteiger partial charge in [0, 0.05) is 34.8 Å². The normalized spacial score (nSPS) is 23.4. The van der Waals surface area contributed by atoms with E-state index in [-0.39, 0.29) is 42.1 Å². The number of amides is 1. The van der Waals surface area contributed by atoms with Gasteiger partial charge in [-0.25, -0.2) is 8.42 Å². The second kappa shape index (κ2) is 12.6. The summed E-state index contributed by atoms with van der Waals surface area (Å²) in [5.74, 6) is -0.494. The number of Topliss-reactive ketones (excluding diaryl/α,β-unsaturated/α-hetero) is 1. The zero-order valence-corrected chi connectivity index (χ0v) is 28.1. The second-order valence-electron chi connectivity index (χ2n) is 13.8. The smallest absolute Gasteiger partial charge is 0.229 e. The molecule has 2 fully saturated rings. The van der Waals surface area contributed by atoms with Crippen molar-refractivity contribution in [3.05, 3.63) is 106 Å². The zero-order chi connectivity index (χ0) is 31.9. The Hall–Kier alpha value is -2.67. The molecule has 2 aliphatic rings. The molecule has 8 heteroatoms. The molecule has 0 radical (unpaired) electrons. The lowest BCUT2D eigenvalue weighted by Gasteiger charge is -2.52. The zero-order valence-electron chi connectivity index (χ0n) is 25.8. The van der Waals surface area contributed by atoms with Crippen molar-refractivity contribution in [2.45, 2.75) is 82.5 Å². The number of halogens is 2. The molecule has 0 unspecified atom stereocenters. The lowest BCUT2D eigenvalue weighted by Crippen LogP contribution is -2.58. The van der Waals surface area contributed by atoms with Crippen LogP contribution in [0, 0.1) is 11.3 Å². The number of benzene rings is 3. The molecule has 0 spiro atoms. The summed E-state index contributed by atoms with van der Waals surface area (Å²) < 4.78 is 26.5. The number of hydrogen-bond acceptors (Lipinski definition) is 4. The van der Waals surface area contributed by atoms with Gasteiger partial charge in [-0.3, -0.25) is 9.59 Å². The van der Waals surface area contributed by atoms with Crippen LogP contribution in [0.4, 0.5) is 0 Å². The van der Waals surface area contributed by atoms with Crippen molar-refractivity contribution in [3.63, 3.8) is 0 Å². The van der Waals surface area contributed by atoms with Crippen molar-refractivity contribution in [2.24, 2.45) is 11.3 Å². The summed E-state index contributed by atoms with van der Waals surface area (Å²) in [4.78, 5) is 30.4. The van der Waals surface area contributed by atoms with Gasteiger partial charge in [-0.1, -0.05) is 84.7 Å². The van der Waals surface area contributed by atoms with Gasteiger partial charge >= 0.3 is 0 Å². The van der Waals surface area contributed by atoms with Crippen LogP contribution in [0.25, 0.3) is 0 Å². The van der Waals surface area contributed by atoms with Crippen LogP contribution >= 0.6 is 23.2 Å². The predicted molar refractivity (Wildman–Crippen MR) is 178 cm³/mol. The molecule has 1 amide bonds. The van der Waals surface area contributed by atoms with Crippen molar-refractivity contribution >= 4 is 44.7 Å². The summed E-state index contributed by atoms with van der Waals surface area (Å²) in [6.45, 7) is 7.01. The van der Waals surface area contributed by atoms with Gasteiger partial charge in [-0.05, 0) is 86.9 Å². The molecule has 44 heavy (non-hydrogen) atoms. The largest absolute Gasteiger partial charge is 0.330 e. The first-order valence-electron chi connectivity index (χ1n) is 15.3. The number of piperidine rings is 1. The maximum absolute atomic E-state index is 15.0.